The number of ether oxygens (including phenoxy) is 1. The van der Waals surface area contributed by atoms with Crippen molar-refractivity contribution in [2.75, 3.05) is 19.8 Å². The van der Waals surface area contributed by atoms with E-state index in [-0.39, 0.29) is 18.7 Å². The monoisotopic (exact) mass is 343 g/mol. The summed E-state index contributed by atoms with van der Waals surface area (Å²) in [5.74, 6) is -3.22. The molecular formula is C14H18FN3O6. The van der Waals surface area contributed by atoms with E-state index in [0.717, 1.165) is 5.01 Å². The Labute approximate surface area is 137 Å². The van der Waals surface area contributed by atoms with Crippen LogP contribution in [0.25, 0.3) is 0 Å². The molecule has 0 spiro atoms. The van der Waals surface area contributed by atoms with Gasteiger partial charge in [0.2, 0.25) is 0 Å². The van der Waals surface area contributed by atoms with Gasteiger partial charge in [-0.05, 0) is 20.8 Å². The third-order valence-corrected chi connectivity index (χ3v) is 3.37. The number of hydrazine groups is 1. The van der Waals surface area contributed by atoms with E-state index >= 15 is 0 Å². The Morgan fingerprint density at radius 1 is 1.38 bits per heavy atom. The zero-order valence-corrected chi connectivity index (χ0v) is 13.5. The van der Waals surface area contributed by atoms with Crippen LogP contribution in [-0.2, 0) is 19.1 Å². The molecule has 2 N–H and O–H groups in total. The molecule has 2 heterocycles. The lowest BCUT2D eigenvalue weighted by atomic mass is 10.1. The van der Waals surface area contributed by atoms with Crippen molar-refractivity contribution in [2.24, 2.45) is 0 Å². The number of carbonyl (C=O) groups is 4. The van der Waals surface area contributed by atoms with Crippen LogP contribution in [0, 0.1) is 0 Å². The Hall–Kier alpha value is -2.49. The quantitative estimate of drug-likeness (QED) is 0.728. The van der Waals surface area contributed by atoms with Gasteiger partial charge in [0.1, 0.15) is 11.6 Å². The Balaban J connectivity index is 2.17. The molecule has 0 saturated carbocycles. The average Bonchev–Trinajstić information content (AvgIpc) is 2.94. The van der Waals surface area contributed by atoms with Gasteiger partial charge in [-0.25, -0.2) is 24.0 Å². The molecule has 10 heteroatoms. The summed E-state index contributed by atoms with van der Waals surface area (Å²) in [7, 11) is 0. The van der Waals surface area contributed by atoms with Crippen molar-refractivity contribution in [3.8, 4) is 0 Å². The van der Waals surface area contributed by atoms with E-state index in [9.17, 15) is 28.7 Å². The van der Waals surface area contributed by atoms with Gasteiger partial charge in [-0.3, -0.25) is 9.59 Å². The second-order valence-corrected chi connectivity index (χ2v) is 6.39. The maximum Gasteiger partial charge on any atom is 0.408 e. The summed E-state index contributed by atoms with van der Waals surface area (Å²) >= 11 is 0. The van der Waals surface area contributed by atoms with Crippen LogP contribution in [0.15, 0.2) is 11.3 Å². The van der Waals surface area contributed by atoms with Gasteiger partial charge < -0.3 is 15.2 Å². The molecule has 0 aromatic heterocycles. The Morgan fingerprint density at radius 3 is 2.50 bits per heavy atom. The number of hydrogen-bond donors (Lipinski definition) is 2. The van der Waals surface area contributed by atoms with Crippen LogP contribution in [-0.4, -0.2) is 70.3 Å². The summed E-state index contributed by atoms with van der Waals surface area (Å²) < 4.78 is 17.6. The number of carboxylic acid groups (broad SMARTS) is 1. The molecule has 0 bridgehead atoms. The topological polar surface area (TPSA) is 116 Å². The zero-order valence-electron chi connectivity index (χ0n) is 13.5. The highest BCUT2D eigenvalue weighted by Crippen LogP contribution is 2.30. The molecule has 0 unspecified atom stereocenters. The maximum atomic E-state index is 12.6. The highest BCUT2D eigenvalue weighted by Gasteiger charge is 2.49. The molecule has 2 aliphatic rings. The zero-order chi connectivity index (χ0) is 18.2. The first-order valence-electron chi connectivity index (χ1n) is 7.19. The van der Waals surface area contributed by atoms with Crippen molar-refractivity contribution in [1.29, 1.82) is 0 Å². The van der Waals surface area contributed by atoms with Gasteiger partial charge in [-0.15, -0.1) is 0 Å². The number of alkyl carbamates (subject to hydrolysis) is 1. The third kappa shape index (κ3) is 3.37. The normalized spacial score (nSPS) is 21.1. The fraction of sp³-hybridized carbons (Fsp3) is 0.571. The summed E-state index contributed by atoms with van der Waals surface area (Å²) in [6.07, 6.45) is -0.816. The van der Waals surface area contributed by atoms with E-state index in [4.69, 9.17) is 4.74 Å². The second-order valence-electron chi connectivity index (χ2n) is 6.39. The van der Waals surface area contributed by atoms with Crippen LogP contribution in [0.4, 0.5) is 9.18 Å². The molecule has 1 saturated heterocycles. The van der Waals surface area contributed by atoms with Crippen LogP contribution in [0.1, 0.15) is 20.8 Å². The summed E-state index contributed by atoms with van der Waals surface area (Å²) in [6.45, 7) is 3.38. The van der Waals surface area contributed by atoms with Crippen molar-refractivity contribution in [3.63, 3.8) is 0 Å². The number of ketones is 1. The molecule has 0 aromatic rings. The first kappa shape index (κ1) is 17.9. The molecule has 1 fully saturated rings. The molecule has 2 aliphatic heterocycles. The Morgan fingerprint density at radius 2 is 2.00 bits per heavy atom. The standard InChI is InChI=1S/C14H18FN3O6/c1-14(2,3)24-13(23)16-8-6-17-5-7(9(19)4-15)10(12(21)22)18(17)11(8)20/h8H,4-6H2,1-3H3,(H,16,23)(H,21,22)/t8-/m1/s1. The summed E-state index contributed by atoms with van der Waals surface area (Å²) in [5, 5.41) is 13.7. The van der Waals surface area contributed by atoms with E-state index in [0.29, 0.717) is 0 Å². The van der Waals surface area contributed by atoms with Crippen molar-refractivity contribution in [1.82, 2.24) is 15.3 Å². The highest BCUT2D eigenvalue weighted by atomic mass is 19.1. The molecule has 1 atom stereocenters. The predicted octanol–water partition coefficient (Wildman–Crippen LogP) is -0.170. The minimum atomic E-state index is -1.51. The molecule has 0 aliphatic carbocycles. The molecule has 0 aromatic carbocycles. The number of carboxylic acids is 1. The predicted molar refractivity (Wildman–Crippen MR) is 77.2 cm³/mol. The lowest BCUT2D eigenvalue weighted by Gasteiger charge is -2.21. The number of fused-ring (bicyclic) bond motifs is 1. The highest BCUT2D eigenvalue weighted by molar-refractivity contribution is 6.07. The number of nitrogens with one attached hydrogen (secondary N) is 1. The third-order valence-electron chi connectivity index (χ3n) is 3.37. The average molecular weight is 343 g/mol. The minimum Gasteiger partial charge on any atom is -0.477 e. The van der Waals surface area contributed by atoms with Crippen molar-refractivity contribution in [2.45, 2.75) is 32.4 Å². The Bertz CT molecular complexity index is 639. The molecule has 9 nitrogen and oxygen atoms in total. The molecule has 2 amide bonds. The lowest BCUT2D eigenvalue weighted by Crippen LogP contribution is -2.45. The maximum absolute atomic E-state index is 12.6. The number of hydrogen-bond acceptors (Lipinski definition) is 6. The Kier molecular flexibility index (Phi) is 4.61. The number of amides is 2. The smallest absolute Gasteiger partial charge is 0.408 e. The number of Topliss-reactive ketones (excluding diaryl/α,β-unsaturated/α-hetero) is 1. The van der Waals surface area contributed by atoms with E-state index in [2.05, 4.69) is 5.32 Å². The molecule has 24 heavy (non-hydrogen) atoms. The van der Waals surface area contributed by atoms with Crippen molar-refractivity contribution in [3.05, 3.63) is 11.3 Å². The number of alkyl halides is 1. The van der Waals surface area contributed by atoms with Crippen LogP contribution in [0.2, 0.25) is 0 Å². The van der Waals surface area contributed by atoms with E-state index in [1.54, 1.807) is 20.8 Å². The van der Waals surface area contributed by atoms with E-state index in [1.165, 1.54) is 5.01 Å². The van der Waals surface area contributed by atoms with Crippen LogP contribution in [0.5, 0.6) is 0 Å². The van der Waals surface area contributed by atoms with Gasteiger partial charge in [0.15, 0.2) is 18.2 Å². The lowest BCUT2D eigenvalue weighted by molar-refractivity contribution is -0.143. The molecule has 0 radical (unpaired) electrons. The number of carbonyl (C=O) groups excluding carboxylic acids is 3. The molecular weight excluding hydrogens is 325 g/mol. The fourth-order valence-electron chi connectivity index (χ4n) is 2.51. The largest absolute Gasteiger partial charge is 0.477 e. The first-order valence-corrected chi connectivity index (χ1v) is 7.19. The second kappa shape index (κ2) is 6.19. The minimum absolute atomic E-state index is 0.0437. The summed E-state index contributed by atoms with van der Waals surface area (Å²) in [6, 6.07) is -1.02. The van der Waals surface area contributed by atoms with E-state index < -0.39 is 47.8 Å². The van der Waals surface area contributed by atoms with Gasteiger partial charge >= 0.3 is 12.1 Å². The van der Waals surface area contributed by atoms with Gasteiger partial charge in [-0.1, -0.05) is 0 Å². The SMILES string of the molecule is CC(C)(C)OC(=O)N[C@@H]1CN2CC(C(=O)CF)=C(C(=O)O)N2C1=O. The number of aliphatic carboxylic acids is 1. The van der Waals surface area contributed by atoms with Crippen LogP contribution in [0.3, 0.4) is 0 Å². The molecule has 2 rings (SSSR count). The summed E-state index contributed by atoms with van der Waals surface area (Å²) in [5.41, 5.74) is -1.60. The number of rotatable bonds is 4. The van der Waals surface area contributed by atoms with Crippen LogP contribution >= 0.6 is 0 Å². The fourth-order valence-corrected chi connectivity index (χ4v) is 2.51. The summed E-state index contributed by atoms with van der Waals surface area (Å²) in [4.78, 5) is 47.0. The van der Waals surface area contributed by atoms with Crippen molar-refractivity contribution >= 4 is 23.8 Å². The first-order chi connectivity index (χ1) is 11.0. The van der Waals surface area contributed by atoms with Gasteiger partial charge in [-0.2, -0.15) is 0 Å². The van der Waals surface area contributed by atoms with Gasteiger partial charge in [0.05, 0.1) is 0 Å². The van der Waals surface area contributed by atoms with Gasteiger partial charge in [0, 0.05) is 18.7 Å². The molecule has 132 valence electrons. The van der Waals surface area contributed by atoms with E-state index in [1.807, 2.05) is 0 Å². The van der Waals surface area contributed by atoms with Crippen LogP contribution < -0.4 is 5.32 Å². The van der Waals surface area contributed by atoms with Crippen molar-refractivity contribution < 1.29 is 33.4 Å². The number of nitrogens with zero attached hydrogens (tertiary/aromatic N) is 2. The number of halogens is 1. The van der Waals surface area contributed by atoms with Gasteiger partial charge in [0.25, 0.3) is 5.91 Å².